The van der Waals surface area contributed by atoms with Crippen LogP contribution in [0.2, 0.25) is 0 Å². The number of amides is 1. The lowest BCUT2D eigenvalue weighted by molar-refractivity contribution is -0.121. The van der Waals surface area contributed by atoms with Crippen LogP contribution < -0.4 is 10.6 Å². The van der Waals surface area contributed by atoms with E-state index in [0.29, 0.717) is 24.4 Å². The highest BCUT2D eigenvalue weighted by Gasteiger charge is 2.20. The average molecular weight is 226 g/mol. The highest BCUT2D eigenvalue weighted by molar-refractivity contribution is 5.76. The zero-order valence-corrected chi connectivity index (χ0v) is 10.9. The van der Waals surface area contributed by atoms with E-state index in [2.05, 4.69) is 31.4 Å². The summed E-state index contributed by atoms with van der Waals surface area (Å²) in [5.41, 5.74) is 0. The molecule has 0 aromatic carbocycles. The van der Waals surface area contributed by atoms with Gasteiger partial charge >= 0.3 is 0 Å². The van der Waals surface area contributed by atoms with Gasteiger partial charge in [0.25, 0.3) is 0 Å². The number of carbonyl (C=O) groups excluding carboxylic acids is 1. The Bertz CT molecular complexity index is 214. The fraction of sp³-hybridized carbons (Fsp3) is 0.923. The Labute approximate surface area is 99.4 Å². The summed E-state index contributed by atoms with van der Waals surface area (Å²) < 4.78 is 0. The Morgan fingerprint density at radius 2 is 2.06 bits per heavy atom. The van der Waals surface area contributed by atoms with E-state index in [1.165, 1.54) is 19.3 Å². The second-order valence-electron chi connectivity index (χ2n) is 5.20. The summed E-state index contributed by atoms with van der Waals surface area (Å²) in [5.74, 6) is 0.879. The lowest BCUT2D eigenvalue weighted by atomic mass is 10.0. The van der Waals surface area contributed by atoms with Gasteiger partial charge in [-0.15, -0.1) is 0 Å². The van der Waals surface area contributed by atoms with E-state index >= 15 is 0 Å². The van der Waals surface area contributed by atoms with Crippen LogP contribution in [0.25, 0.3) is 0 Å². The molecule has 0 aliphatic heterocycles. The number of rotatable bonds is 8. The van der Waals surface area contributed by atoms with E-state index in [1.807, 2.05) is 0 Å². The third-order valence-corrected chi connectivity index (χ3v) is 3.22. The van der Waals surface area contributed by atoms with Gasteiger partial charge in [-0.05, 0) is 32.1 Å². The topological polar surface area (TPSA) is 41.1 Å². The van der Waals surface area contributed by atoms with Crippen molar-refractivity contribution >= 4 is 5.91 Å². The van der Waals surface area contributed by atoms with Crippen molar-refractivity contribution in [3.05, 3.63) is 0 Å². The minimum atomic E-state index is 0.184. The van der Waals surface area contributed by atoms with E-state index in [9.17, 15) is 4.79 Å². The largest absolute Gasteiger partial charge is 0.354 e. The van der Waals surface area contributed by atoms with Crippen molar-refractivity contribution in [2.75, 3.05) is 6.54 Å². The van der Waals surface area contributed by atoms with E-state index < -0.39 is 0 Å². The zero-order chi connectivity index (χ0) is 12.0. The molecular weight excluding hydrogens is 200 g/mol. The average Bonchev–Trinajstić information content (AvgIpc) is 3.01. The van der Waals surface area contributed by atoms with Crippen LogP contribution in [0.3, 0.4) is 0 Å². The summed E-state index contributed by atoms with van der Waals surface area (Å²) in [7, 11) is 0. The molecule has 0 bridgehead atoms. The van der Waals surface area contributed by atoms with Crippen molar-refractivity contribution in [2.45, 2.75) is 65.0 Å². The molecule has 1 aliphatic carbocycles. The van der Waals surface area contributed by atoms with Gasteiger partial charge in [-0.2, -0.15) is 0 Å². The number of carbonyl (C=O) groups is 1. The fourth-order valence-corrected chi connectivity index (χ4v) is 1.85. The molecule has 1 amide bonds. The smallest absolute Gasteiger partial charge is 0.221 e. The van der Waals surface area contributed by atoms with Crippen LogP contribution in [0, 0.1) is 5.92 Å². The Kier molecular flexibility index (Phi) is 5.81. The molecule has 0 aromatic heterocycles. The highest BCUT2D eigenvalue weighted by atomic mass is 16.1. The maximum Gasteiger partial charge on any atom is 0.221 e. The van der Waals surface area contributed by atoms with E-state index in [0.717, 1.165) is 13.0 Å². The first-order valence-corrected chi connectivity index (χ1v) is 6.64. The van der Waals surface area contributed by atoms with Crippen LogP contribution in [0.4, 0.5) is 0 Å². The first-order valence-electron chi connectivity index (χ1n) is 6.64. The molecule has 2 N–H and O–H groups in total. The molecule has 0 spiro atoms. The van der Waals surface area contributed by atoms with Gasteiger partial charge in [-0.25, -0.2) is 0 Å². The molecule has 0 aromatic rings. The normalized spacial score (nSPS) is 19.2. The van der Waals surface area contributed by atoms with Crippen molar-refractivity contribution in [2.24, 2.45) is 5.92 Å². The Morgan fingerprint density at radius 1 is 1.38 bits per heavy atom. The molecule has 16 heavy (non-hydrogen) atoms. The van der Waals surface area contributed by atoms with Crippen LogP contribution in [0.5, 0.6) is 0 Å². The minimum Gasteiger partial charge on any atom is -0.354 e. The Balaban J connectivity index is 2.02. The van der Waals surface area contributed by atoms with Gasteiger partial charge in [-0.3, -0.25) is 4.79 Å². The van der Waals surface area contributed by atoms with Crippen molar-refractivity contribution < 1.29 is 4.79 Å². The SMILES string of the molecule is CCC(C)CC(C)NC(=O)CCNC1CC1. The van der Waals surface area contributed by atoms with Gasteiger partial charge in [-0.1, -0.05) is 20.3 Å². The molecular formula is C13H26N2O. The zero-order valence-electron chi connectivity index (χ0n) is 10.9. The summed E-state index contributed by atoms with van der Waals surface area (Å²) in [6.07, 6.45) is 5.45. The third-order valence-electron chi connectivity index (χ3n) is 3.22. The molecule has 1 rings (SSSR count). The first-order chi connectivity index (χ1) is 7.61. The summed E-state index contributed by atoms with van der Waals surface area (Å²) in [5, 5.41) is 6.41. The second-order valence-corrected chi connectivity index (χ2v) is 5.20. The summed E-state index contributed by atoms with van der Waals surface area (Å²) >= 11 is 0. The molecule has 2 unspecified atom stereocenters. The number of nitrogens with one attached hydrogen (secondary N) is 2. The van der Waals surface area contributed by atoms with Gasteiger partial charge < -0.3 is 10.6 Å². The van der Waals surface area contributed by atoms with Gasteiger partial charge in [0.05, 0.1) is 0 Å². The summed E-state index contributed by atoms with van der Waals surface area (Å²) in [4.78, 5) is 11.6. The second kappa shape index (κ2) is 6.89. The number of hydrogen-bond donors (Lipinski definition) is 2. The maximum atomic E-state index is 11.6. The van der Waals surface area contributed by atoms with Gasteiger partial charge in [0.1, 0.15) is 0 Å². The molecule has 0 radical (unpaired) electrons. The van der Waals surface area contributed by atoms with Crippen LogP contribution in [0.15, 0.2) is 0 Å². The van der Waals surface area contributed by atoms with Gasteiger partial charge in [0.2, 0.25) is 5.91 Å². The van der Waals surface area contributed by atoms with Crippen molar-refractivity contribution in [3.63, 3.8) is 0 Å². The predicted molar refractivity (Wildman–Crippen MR) is 67.3 cm³/mol. The first kappa shape index (κ1) is 13.5. The summed E-state index contributed by atoms with van der Waals surface area (Å²) in [6.45, 7) is 7.35. The molecule has 1 aliphatic rings. The van der Waals surface area contributed by atoms with E-state index in [1.54, 1.807) is 0 Å². The molecule has 3 heteroatoms. The molecule has 0 saturated heterocycles. The van der Waals surface area contributed by atoms with Crippen LogP contribution in [0.1, 0.15) is 52.9 Å². The van der Waals surface area contributed by atoms with Crippen molar-refractivity contribution in [1.82, 2.24) is 10.6 Å². The lowest BCUT2D eigenvalue weighted by Crippen LogP contribution is -2.35. The van der Waals surface area contributed by atoms with Gasteiger partial charge in [0, 0.05) is 25.0 Å². The molecule has 1 saturated carbocycles. The van der Waals surface area contributed by atoms with Crippen molar-refractivity contribution in [3.8, 4) is 0 Å². The number of hydrogen-bond acceptors (Lipinski definition) is 2. The van der Waals surface area contributed by atoms with Crippen LogP contribution in [-0.4, -0.2) is 24.5 Å². The van der Waals surface area contributed by atoms with Gasteiger partial charge in [0.15, 0.2) is 0 Å². The minimum absolute atomic E-state index is 0.184. The summed E-state index contributed by atoms with van der Waals surface area (Å²) in [6, 6.07) is 1.01. The monoisotopic (exact) mass is 226 g/mol. The van der Waals surface area contributed by atoms with Crippen molar-refractivity contribution in [1.29, 1.82) is 0 Å². The quantitative estimate of drug-likeness (QED) is 0.665. The third kappa shape index (κ3) is 6.11. The fourth-order valence-electron chi connectivity index (χ4n) is 1.85. The molecule has 2 atom stereocenters. The molecule has 94 valence electrons. The lowest BCUT2D eigenvalue weighted by Gasteiger charge is -2.17. The van der Waals surface area contributed by atoms with Crippen LogP contribution in [-0.2, 0) is 4.79 Å². The van der Waals surface area contributed by atoms with Crippen LogP contribution >= 0.6 is 0 Å². The Hall–Kier alpha value is -0.570. The molecule has 0 heterocycles. The standard InChI is InChI=1S/C13H26N2O/c1-4-10(2)9-11(3)15-13(16)7-8-14-12-5-6-12/h10-12,14H,4-9H2,1-3H3,(H,15,16). The Morgan fingerprint density at radius 3 is 2.62 bits per heavy atom. The van der Waals surface area contributed by atoms with E-state index in [-0.39, 0.29) is 5.91 Å². The maximum absolute atomic E-state index is 11.6. The molecule has 3 nitrogen and oxygen atoms in total. The predicted octanol–water partition coefficient (Wildman–Crippen LogP) is 2.07. The van der Waals surface area contributed by atoms with E-state index in [4.69, 9.17) is 0 Å². The highest BCUT2D eigenvalue weighted by Crippen LogP contribution is 2.18. The molecule has 1 fully saturated rings.